The molecule has 1 aromatic rings. The molecule has 2 aliphatic carbocycles. The van der Waals surface area contributed by atoms with Gasteiger partial charge in [0.2, 0.25) is 0 Å². The number of nitrogens with zero attached hydrogens (tertiary/aromatic N) is 2. The SMILES string of the molecule is CCNC(=NCc1ncc(C)s1)NCCC1CC2CCC1C2. The van der Waals surface area contributed by atoms with Gasteiger partial charge in [0.05, 0.1) is 6.54 Å². The summed E-state index contributed by atoms with van der Waals surface area (Å²) < 4.78 is 0. The molecule has 22 heavy (non-hydrogen) atoms. The Kier molecular flexibility index (Phi) is 5.34. The van der Waals surface area contributed by atoms with E-state index in [1.54, 1.807) is 11.3 Å². The summed E-state index contributed by atoms with van der Waals surface area (Å²) in [6, 6.07) is 0. The second-order valence-electron chi connectivity index (χ2n) is 6.71. The summed E-state index contributed by atoms with van der Waals surface area (Å²) in [4.78, 5) is 10.3. The first-order chi connectivity index (χ1) is 10.7. The van der Waals surface area contributed by atoms with Gasteiger partial charge in [-0.1, -0.05) is 6.42 Å². The van der Waals surface area contributed by atoms with Crippen molar-refractivity contribution < 1.29 is 0 Å². The Morgan fingerprint density at radius 1 is 1.36 bits per heavy atom. The van der Waals surface area contributed by atoms with Gasteiger partial charge in [0.1, 0.15) is 5.01 Å². The van der Waals surface area contributed by atoms with Gasteiger partial charge in [-0.05, 0) is 57.3 Å². The Hall–Kier alpha value is -1.10. The predicted octanol–water partition coefficient (Wildman–Crippen LogP) is 3.33. The lowest BCUT2D eigenvalue weighted by Crippen LogP contribution is -2.38. The molecule has 0 radical (unpaired) electrons. The second kappa shape index (κ2) is 7.44. The van der Waals surface area contributed by atoms with Gasteiger partial charge in [-0.15, -0.1) is 11.3 Å². The Labute approximate surface area is 137 Å². The average Bonchev–Trinajstić information content (AvgIpc) is 3.21. The topological polar surface area (TPSA) is 49.3 Å². The van der Waals surface area contributed by atoms with Crippen molar-refractivity contribution in [2.75, 3.05) is 13.1 Å². The molecule has 122 valence electrons. The van der Waals surface area contributed by atoms with Crippen molar-refractivity contribution in [1.82, 2.24) is 15.6 Å². The van der Waals surface area contributed by atoms with E-state index in [0.29, 0.717) is 6.54 Å². The van der Waals surface area contributed by atoms with Crippen LogP contribution in [-0.4, -0.2) is 24.0 Å². The molecule has 3 unspecified atom stereocenters. The van der Waals surface area contributed by atoms with Crippen LogP contribution in [-0.2, 0) is 6.54 Å². The van der Waals surface area contributed by atoms with Crippen LogP contribution in [0.1, 0.15) is 48.9 Å². The van der Waals surface area contributed by atoms with E-state index in [0.717, 1.165) is 41.8 Å². The van der Waals surface area contributed by atoms with Crippen LogP contribution in [0.5, 0.6) is 0 Å². The van der Waals surface area contributed by atoms with Gasteiger partial charge >= 0.3 is 0 Å². The second-order valence-corrected chi connectivity index (χ2v) is 8.03. The molecule has 0 amide bonds. The zero-order valence-corrected chi connectivity index (χ0v) is 14.6. The summed E-state index contributed by atoms with van der Waals surface area (Å²) in [6.45, 7) is 6.81. The molecule has 3 rings (SSSR count). The van der Waals surface area contributed by atoms with E-state index in [1.165, 1.54) is 37.0 Å². The molecule has 2 fully saturated rings. The first kappa shape index (κ1) is 15.8. The van der Waals surface area contributed by atoms with Crippen LogP contribution in [0.25, 0.3) is 0 Å². The number of guanidine groups is 1. The summed E-state index contributed by atoms with van der Waals surface area (Å²) in [6.07, 6.45) is 9.16. The number of thiazole rings is 1. The van der Waals surface area contributed by atoms with Crippen LogP contribution < -0.4 is 10.6 Å². The van der Waals surface area contributed by atoms with E-state index in [4.69, 9.17) is 0 Å². The fourth-order valence-corrected chi connectivity index (χ4v) is 4.78. The monoisotopic (exact) mass is 320 g/mol. The standard InChI is InChI=1S/C17H28N4S/c1-3-18-17(21-11-16-20-10-12(2)22-16)19-7-6-15-9-13-4-5-14(15)8-13/h10,13-15H,3-9,11H2,1-2H3,(H2,18,19,21). The Balaban J connectivity index is 1.44. The lowest BCUT2D eigenvalue weighted by atomic mass is 9.86. The number of aryl methyl sites for hydroxylation is 1. The van der Waals surface area contributed by atoms with Crippen molar-refractivity contribution in [3.05, 3.63) is 16.1 Å². The quantitative estimate of drug-likeness (QED) is 0.624. The minimum atomic E-state index is 0.669. The van der Waals surface area contributed by atoms with Crippen LogP contribution in [0.2, 0.25) is 0 Å². The van der Waals surface area contributed by atoms with Crippen molar-refractivity contribution in [3.63, 3.8) is 0 Å². The molecular formula is C17H28N4S. The van der Waals surface area contributed by atoms with Crippen molar-refractivity contribution in [3.8, 4) is 0 Å². The lowest BCUT2D eigenvalue weighted by Gasteiger charge is -2.22. The molecule has 0 aromatic carbocycles. The van der Waals surface area contributed by atoms with Crippen LogP contribution in [0.15, 0.2) is 11.2 Å². The minimum absolute atomic E-state index is 0.669. The molecule has 3 atom stereocenters. The molecule has 0 spiro atoms. The first-order valence-electron chi connectivity index (χ1n) is 8.68. The molecule has 0 aliphatic heterocycles. The van der Waals surface area contributed by atoms with Crippen LogP contribution in [0.3, 0.4) is 0 Å². The zero-order valence-electron chi connectivity index (χ0n) is 13.8. The maximum atomic E-state index is 4.65. The van der Waals surface area contributed by atoms with Crippen LogP contribution in [0, 0.1) is 24.7 Å². The molecule has 1 aromatic heterocycles. The zero-order chi connectivity index (χ0) is 15.4. The Morgan fingerprint density at radius 2 is 2.27 bits per heavy atom. The number of hydrogen-bond donors (Lipinski definition) is 2. The number of nitrogens with one attached hydrogen (secondary N) is 2. The maximum Gasteiger partial charge on any atom is 0.191 e. The van der Waals surface area contributed by atoms with Crippen LogP contribution >= 0.6 is 11.3 Å². The Morgan fingerprint density at radius 3 is 2.91 bits per heavy atom. The third-order valence-electron chi connectivity index (χ3n) is 5.08. The van der Waals surface area contributed by atoms with Gasteiger partial charge in [-0.3, -0.25) is 0 Å². The van der Waals surface area contributed by atoms with Crippen LogP contribution in [0.4, 0.5) is 0 Å². The van der Waals surface area contributed by atoms with Gasteiger partial charge in [0, 0.05) is 24.2 Å². The summed E-state index contributed by atoms with van der Waals surface area (Å²) in [7, 11) is 0. The van der Waals surface area contributed by atoms with E-state index < -0.39 is 0 Å². The van der Waals surface area contributed by atoms with Gasteiger partial charge in [0.25, 0.3) is 0 Å². The highest BCUT2D eigenvalue weighted by Crippen LogP contribution is 2.49. The molecule has 2 aliphatic rings. The summed E-state index contributed by atoms with van der Waals surface area (Å²) in [5, 5.41) is 7.92. The van der Waals surface area contributed by atoms with E-state index in [-0.39, 0.29) is 0 Å². The number of aromatic nitrogens is 1. The largest absolute Gasteiger partial charge is 0.357 e. The smallest absolute Gasteiger partial charge is 0.191 e. The van der Waals surface area contributed by atoms with E-state index in [1.807, 2.05) is 6.20 Å². The predicted molar refractivity (Wildman–Crippen MR) is 93.2 cm³/mol. The molecule has 2 bridgehead atoms. The molecule has 2 N–H and O–H groups in total. The third-order valence-corrected chi connectivity index (χ3v) is 5.98. The normalized spacial score (nSPS) is 27.4. The molecule has 4 nitrogen and oxygen atoms in total. The molecular weight excluding hydrogens is 292 g/mol. The van der Waals surface area contributed by atoms with Crippen molar-refractivity contribution >= 4 is 17.3 Å². The Bertz CT molecular complexity index is 511. The van der Waals surface area contributed by atoms with Gasteiger partial charge in [-0.2, -0.15) is 0 Å². The first-order valence-corrected chi connectivity index (χ1v) is 9.49. The van der Waals surface area contributed by atoms with Crippen molar-refractivity contribution in [2.24, 2.45) is 22.7 Å². The highest BCUT2D eigenvalue weighted by molar-refractivity contribution is 7.11. The van der Waals surface area contributed by atoms with E-state index in [2.05, 4.69) is 34.5 Å². The lowest BCUT2D eigenvalue weighted by molar-refractivity contribution is 0.315. The third kappa shape index (κ3) is 4.00. The number of fused-ring (bicyclic) bond motifs is 2. The summed E-state index contributed by atoms with van der Waals surface area (Å²) in [5.41, 5.74) is 0. The fraction of sp³-hybridized carbons (Fsp3) is 0.765. The van der Waals surface area contributed by atoms with E-state index >= 15 is 0 Å². The van der Waals surface area contributed by atoms with Crippen molar-refractivity contribution in [1.29, 1.82) is 0 Å². The fourth-order valence-electron chi connectivity index (χ4n) is 4.07. The highest BCUT2D eigenvalue weighted by atomic mass is 32.1. The number of aliphatic imine (C=N–C) groups is 1. The maximum absolute atomic E-state index is 4.65. The van der Waals surface area contributed by atoms with Crippen molar-refractivity contribution in [2.45, 2.75) is 52.5 Å². The molecule has 1 heterocycles. The van der Waals surface area contributed by atoms with Gasteiger partial charge in [-0.25, -0.2) is 9.98 Å². The summed E-state index contributed by atoms with van der Waals surface area (Å²) in [5.74, 6) is 3.95. The number of rotatable bonds is 6. The van der Waals surface area contributed by atoms with Gasteiger partial charge < -0.3 is 10.6 Å². The van der Waals surface area contributed by atoms with Gasteiger partial charge in [0.15, 0.2) is 5.96 Å². The summed E-state index contributed by atoms with van der Waals surface area (Å²) >= 11 is 1.73. The van der Waals surface area contributed by atoms with E-state index in [9.17, 15) is 0 Å². The molecule has 0 saturated heterocycles. The molecule has 5 heteroatoms. The highest BCUT2D eigenvalue weighted by Gasteiger charge is 2.38. The average molecular weight is 321 g/mol. The molecule has 2 saturated carbocycles. The number of hydrogen-bond acceptors (Lipinski definition) is 3. The minimum Gasteiger partial charge on any atom is -0.357 e.